The number of nitrogen functional groups attached to an aromatic ring is 1. The third-order valence-electron chi connectivity index (χ3n) is 3.89. The molecular formula is C13H18N6O6. The summed E-state index contributed by atoms with van der Waals surface area (Å²) in [6.45, 7) is -0.911. The normalized spacial score (nSPS) is 27.5. The molecule has 3 rings (SSSR count). The third-order valence-corrected chi connectivity index (χ3v) is 3.89. The van der Waals surface area contributed by atoms with Gasteiger partial charge in [-0.2, -0.15) is 0 Å². The van der Waals surface area contributed by atoms with Crippen LogP contribution in [0, 0.1) is 0 Å². The van der Waals surface area contributed by atoms with Crippen molar-refractivity contribution in [3.05, 3.63) is 12.7 Å². The van der Waals surface area contributed by atoms with Crippen LogP contribution in [0.1, 0.15) is 6.23 Å². The molecule has 0 spiro atoms. The number of ether oxygens (including phenoxy) is 2. The standard InChI is InChI=1S/C13H18N6O6/c14-5(1-20)13(23)24-2-6-8(21)9(22)12(25-6)19-4-18-7-10(15)16-3-17-11(7)19/h3-6,8-9,12,20-22H,1-2,14H2,(H2,15,16,17). The predicted molar refractivity (Wildman–Crippen MR) is 81.7 cm³/mol. The number of anilines is 1. The molecule has 7 N–H and O–H groups in total. The zero-order valence-electron chi connectivity index (χ0n) is 13.0. The molecule has 2 aromatic rings. The monoisotopic (exact) mass is 354 g/mol. The number of fused-ring (bicyclic) bond motifs is 1. The summed E-state index contributed by atoms with van der Waals surface area (Å²) < 4.78 is 11.9. The van der Waals surface area contributed by atoms with Crippen LogP contribution in [0.2, 0.25) is 0 Å². The Bertz CT molecular complexity index is 769. The van der Waals surface area contributed by atoms with Crippen molar-refractivity contribution in [3.8, 4) is 0 Å². The summed E-state index contributed by atoms with van der Waals surface area (Å²) in [4.78, 5) is 23.4. The first kappa shape index (κ1) is 17.4. The minimum atomic E-state index is -1.32. The van der Waals surface area contributed by atoms with Gasteiger partial charge in [-0.05, 0) is 0 Å². The number of aliphatic hydroxyl groups is 3. The van der Waals surface area contributed by atoms with E-state index in [1.165, 1.54) is 17.2 Å². The number of nitrogens with two attached hydrogens (primary N) is 2. The zero-order valence-corrected chi connectivity index (χ0v) is 13.0. The summed E-state index contributed by atoms with van der Waals surface area (Å²) >= 11 is 0. The van der Waals surface area contributed by atoms with Gasteiger partial charge >= 0.3 is 5.97 Å². The Balaban J connectivity index is 1.75. The third kappa shape index (κ3) is 3.12. The highest BCUT2D eigenvalue weighted by Crippen LogP contribution is 2.32. The van der Waals surface area contributed by atoms with Crippen molar-refractivity contribution >= 4 is 23.0 Å². The van der Waals surface area contributed by atoms with Gasteiger partial charge in [-0.1, -0.05) is 0 Å². The largest absolute Gasteiger partial charge is 0.462 e. The Morgan fingerprint density at radius 2 is 2.12 bits per heavy atom. The Morgan fingerprint density at radius 1 is 1.36 bits per heavy atom. The second-order valence-electron chi connectivity index (χ2n) is 5.55. The fourth-order valence-corrected chi connectivity index (χ4v) is 2.50. The van der Waals surface area contributed by atoms with Crippen molar-refractivity contribution in [1.29, 1.82) is 0 Å². The molecule has 1 saturated heterocycles. The minimum Gasteiger partial charge on any atom is -0.462 e. The molecule has 2 aromatic heterocycles. The van der Waals surface area contributed by atoms with Crippen molar-refractivity contribution in [3.63, 3.8) is 0 Å². The summed E-state index contributed by atoms with van der Waals surface area (Å²) in [6, 6.07) is -1.18. The molecular weight excluding hydrogens is 336 g/mol. The molecule has 0 amide bonds. The van der Waals surface area contributed by atoms with Gasteiger partial charge in [0.2, 0.25) is 0 Å². The highest BCUT2D eigenvalue weighted by Gasteiger charge is 2.45. The van der Waals surface area contributed by atoms with Gasteiger partial charge in [-0.3, -0.25) is 9.36 Å². The summed E-state index contributed by atoms with van der Waals surface area (Å²) in [7, 11) is 0. The van der Waals surface area contributed by atoms with Gasteiger partial charge in [0.1, 0.15) is 42.8 Å². The van der Waals surface area contributed by atoms with Gasteiger partial charge in [-0.25, -0.2) is 15.0 Å². The summed E-state index contributed by atoms with van der Waals surface area (Å²) in [5, 5.41) is 29.2. The van der Waals surface area contributed by atoms with E-state index in [1.54, 1.807) is 0 Å². The van der Waals surface area contributed by atoms with Crippen molar-refractivity contribution in [2.45, 2.75) is 30.6 Å². The van der Waals surface area contributed by atoms with E-state index in [4.69, 9.17) is 26.0 Å². The maximum Gasteiger partial charge on any atom is 0.325 e. The average Bonchev–Trinajstić information content (AvgIpc) is 3.15. The molecule has 136 valence electrons. The van der Waals surface area contributed by atoms with Crippen molar-refractivity contribution in [1.82, 2.24) is 19.5 Å². The first-order valence-electron chi connectivity index (χ1n) is 7.41. The highest BCUT2D eigenvalue weighted by molar-refractivity contribution is 5.81. The maximum atomic E-state index is 11.5. The van der Waals surface area contributed by atoms with Gasteiger partial charge in [0.15, 0.2) is 17.7 Å². The molecule has 0 radical (unpaired) electrons. The Kier molecular flexibility index (Phi) is 4.78. The lowest BCUT2D eigenvalue weighted by molar-refractivity contribution is -0.152. The number of aliphatic hydroxyl groups excluding tert-OH is 3. The average molecular weight is 354 g/mol. The van der Waals surface area contributed by atoms with Crippen LogP contribution < -0.4 is 11.5 Å². The van der Waals surface area contributed by atoms with Gasteiger partial charge in [-0.15, -0.1) is 0 Å². The molecule has 12 heteroatoms. The van der Waals surface area contributed by atoms with E-state index >= 15 is 0 Å². The molecule has 25 heavy (non-hydrogen) atoms. The Hall–Kier alpha value is -2.38. The van der Waals surface area contributed by atoms with E-state index in [0.29, 0.717) is 11.2 Å². The lowest BCUT2D eigenvalue weighted by Gasteiger charge is -2.16. The molecule has 1 fully saturated rings. The fourth-order valence-electron chi connectivity index (χ4n) is 2.50. The van der Waals surface area contributed by atoms with Crippen LogP contribution in [0.3, 0.4) is 0 Å². The van der Waals surface area contributed by atoms with Crippen molar-refractivity contribution in [2.24, 2.45) is 5.73 Å². The molecule has 12 nitrogen and oxygen atoms in total. The molecule has 0 aromatic carbocycles. The van der Waals surface area contributed by atoms with E-state index in [9.17, 15) is 15.0 Å². The van der Waals surface area contributed by atoms with E-state index in [-0.39, 0.29) is 12.4 Å². The van der Waals surface area contributed by atoms with Crippen LogP contribution in [-0.4, -0.2) is 78.4 Å². The number of hydrogen-bond acceptors (Lipinski definition) is 11. The lowest BCUT2D eigenvalue weighted by atomic mass is 10.1. The van der Waals surface area contributed by atoms with Crippen LogP contribution in [-0.2, 0) is 14.3 Å². The quantitative estimate of drug-likeness (QED) is 0.341. The molecule has 5 atom stereocenters. The van der Waals surface area contributed by atoms with Crippen LogP contribution in [0.5, 0.6) is 0 Å². The van der Waals surface area contributed by atoms with Crippen molar-refractivity contribution in [2.75, 3.05) is 18.9 Å². The van der Waals surface area contributed by atoms with Gasteiger partial charge in [0, 0.05) is 0 Å². The first-order chi connectivity index (χ1) is 11.9. The van der Waals surface area contributed by atoms with Gasteiger partial charge < -0.3 is 36.3 Å². The van der Waals surface area contributed by atoms with Gasteiger partial charge in [0.25, 0.3) is 0 Å². The Labute approximate surface area is 141 Å². The molecule has 5 unspecified atom stereocenters. The predicted octanol–water partition coefficient (Wildman–Crippen LogP) is -3.11. The maximum absolute atomic E-state index is 11.5. The number of aromatic nitrogens is 4. The summed E-state index contributed by atoms with van der Waals surface area (Å²) in [6.07, 6.45) is -2.05. The van der Waals surface area contributed by atoms with E-state index in [1.807, 2.05) is 0 Å². The second-order valence-corrected chi connectivity index (χ2v) is 5.55. The molecule has 1 aliphatic heterocycles. The summed E-state index contributed by atoms with van der Waals surface area (Å²) in [5.74, 6) is -0.676. The van der Waals surface area contributed by atoms with Crippen LogP contribution in [0.15, 0.2) is 12.7 Å². The molecule has 3 heterocycles. The molecule has 0 aliphatic carbocycles. The van der Waals surface area contributed by atoms with Crippen molar-refractivity contribution < 1.29 is 29.6 Å². The number of esters is 1. The molecule has 0 bridgehead atoms. The molecule has 0 saturated carbocycles. The Morgan fingerprint density at radius 3 is 2.84 bits per heavy atom. The SMILES string of the molecule is Nc1ncnc2c1ncn2C1OC(COC(=O)C(N)CO)C(O)C1O. The number of carbonyl (C=O) groups is 1. The topological polar surface area (TPSA) is 192 Å². The fraction of sp³-hybridized carbons (Fsp3) is 0.538. The number of hydrogen-bond donors (Lipinski definition) is 5. The van der Waals surface area contributed by atoms with E-state index in [0.717, 1.165) is 0 Å². The number of carbonyl (C=O) groups excluding carboxylic acids is 1. The van der Waals surface area contributed by atoms with E-state index in [2.05, 4.69) is 15.0 Å². The molecule has 1 aliphatic rings. The summed E-state index contributed by atoms with van der Waals surface area (Å²) in [5.41, 5.74) is 11.7. The zero-order chi connectivity index (χ0) is 18.1. The van der Waals surface area contributed by atoms with E-state index < -0.39 is 43.2 Å². The highest BCUT2D eigenvalue weighted by atomic mass is 16.6. The van der Waals surface area contributed by atoms with Gasteiger partial charge in [0.05, 0.1) is 12.9 Å². The number of nitrogens with zero attached hydrogens (tertiary/aromatic N) is 4. The second kappa shape index (κ2) is 6.85. The smallest absolute Gasteiger partial charge is 0.325 e. The van der Waals surface area contributed by atoms with Crippen LogP contribution in [0.25, 0.3) is 11.2 Å². The first-order valence-corrected chi connectivity index (χ1v) is 7.41. The lowest BCUT2D eigenvalue weighted by Crippen LogP contribution is -2.39. The minimum absolute atomic E-state index is 0.167. The number of rotatable bonds is 5. The number of imidazole rings is 1. The van der Waals surface area contributed by atoms with Crippen LogP contribution in [0.4, 0.5) is 5.82 Å². The van der Waals surface area contributed by atoms with Crippen LogP contribution >= 0.6 is 0 Å².